The van der Waals surface area contributed by atoms with E-state index in [0.29, 0.717) is 32.9 Å². The fourth-order valence-electron chi connectivity index (χ4n) is 6.82. The Morgan fingerprint density at radius 3 is 2.57 bits per heavy atom. The molecule has 8 rings (SSSR count). The van der Waals surface area contributed by atoms with Crippen LogP contribution in [0.4, 0.5) is 4.39 Å². The number of benzene rings is 4. The molecule has 1 atom stereocenters. The van der Waals surface area contributed by atoms with Crippen molar-refractivity contribution in [2.24, 2.45) is 4.99 Å². The Kier molecular flexibility index (Phi) is 6.95. The monoisotopic (exact) mass is 627 g/mol. The Morgan fingerprint density at radius 2 is 1.72 bits per heavy atom. The third-order valence-corrected chi connectivity index (χ3v) is 9.98. The summed E-state index contributed by atoms with van der Waals surface area (Å²) >= 11 is 1.40. The molecule has 1 aliphatic heterocycles. The lowest BCUT2D eigenvalue weighted by molar-refractivity contribution is 0.354. The molecule has 0 amide bonds. The summed E-state index contributed by atoms with van der Waals surface area (Å²) in [5.41, 5.74) is 7.75. The second kappa shape index (κ2) is 11.3. The van der Waals surface area contributed by atoms with Gasteiger partial charge in [0.05, 0.1) is 37.0 Å². The molecule has 0 N–H and O–H groups in total. The molecule has 2 aliphatic rings. The first kappa shape index (κ1) is 28.3. The van der Waals surface area contributed by atoms with E-state index in [1.807, 2.05) is 76.0 Å². The van der Waals surface area contributed by atoms with E-state index in [9.17, 15) is 9.18 Å². The van der Waals surface area contributed by atoms with Gasteiger partial charge >= 0.3 is 0 Å². The van der Waals surface area contributed by atoms with Crippen LogP contribution in [0.2, 0.25) is 0 Å². The lowest BCUT2D eigenvalue weighted by Crippen LogP contribution is -2.38. The van der Waals surface area contributed by atoms with Gasteiger partial charge in [0.25, 0.3) is 5.56 Å². The standard InChI is InChI=1S/C38H30FN3O3S/c1-44-32-18-16-24(19-33(32)45-2)36-29-17-15-23-9-3-5-12-28(23)35(29)40-38-42(36)37(43)34(46-38)20-26-22-41(31-14-8-6-11-27(26)31)21-25-10-4-7-13-30(25)39/h3-14,16,18-20,22,36H,15,17,21H2,1-2H3/b34-20+/t36-/m1/s1. The Labute approximate surface area is 268 Å². The molecule has 0 saturated heterocycles. The molecule has 6 nitrogen and oxygen atoms in total. The van der Waals surface area contributed by atoms with Crippen molar-refractivity contribution in [1.82, 2.24) is 9.13 Å². The fourth-order valence-corrected chi connectivity index (χ4v) is 7.81. The molecule has 2 aromatic heterocycles. The number of allylic oxidation sites excluding steroid dienone is 1. The predicted molar refractivity (Wildman–Crippen MR) is 180 cm³/mol. The zero-order valence-electron chi connectivity index (χ0n) is 25.4. The number of rotatable bonds is 6. The molecule has 8 heteroatoms. The van der Waals surface area contributed by atoms with E-state index in [1.54, 1.807) is 26.4 Å². The average molecular weight is 628 g/mol. The van der Waals surface area contributed by atoms with Crippen LogP contribution in [-0.2, 0) is 13.0 Å². The van der Waals surface area contributed by atoms with E-state index in [-0.39, 0.29) is 17.4 Å². The molecule has 0 saturated carbocycles. The molecule has 46 heavy (non-hydrogen) atoms. The van der Waals surface area contributed by atoms with Gasteiger partial charge in [0.1, 0.15) is 5.82 Å². The lowest BCUT2D eigenvalue weighted by Gasteiger charge is -2.31. The molecule has 0 bridgehead atoms. The van der Waals surface area contributed by atoms with Crippen LogP contribution in [0.15, 0.2) is 113 Å². The highest BCUT2D eigenvalue weighted by Gasteiger charge is 2.33. The van der Waals surface area contributed by atoms with E-state index in [2.05, 4.69) is 18.2 Å². The number of aromatic nitrogens is 2. The van der Waals surface area contributed by atoms with Crippen LogP contribution in [0.3, 0.4) is 0 Å². The summed E-state index contributed by atoms with van der Waals surface area (Å²) in [5.74, 6) is 1.00. The van der Waals surface area contributed by atoms with Gasteiger partial charge in [0.15, 0.2) is 16.3 Å². The normalized spacial score (nSPS) is 15.7. The number of ether oxygens (including phenoxy) is 2. The van der Waals surface area contributed by atoms with Crippen molar-refractivity contribution in [3.05, 3.63) is 156 Å². The Morgan fingerprint density at radius 1 is 0.935 bits per heavy atom. The molecule has 6 aromatic rings. The minimum Gasteiger partial charge on any atom is -0.493 e. The van der Waals surface area contributed by atoms with Gasteiger partial charge in [-0.1, -0.05) is 78.1 Å². The van der Waals surface area contributed by atoms with Crippen molar-refractivity contribution in [2.45, 2.75) is 25.4 Å². The first-order chi connectivity index (χ1) is 22.5. The molecular weight excluding hydrogens is 598 g/mol. The number of methoxy groups -OCH3 is 2. The maximum atomic E-state index is 14.6. The highest BCUT2D eigenvalue weighted by Crippen LogP contribution is 2.42. The summed E-state index contributed by atoms with van der Waals surface area (Å²) in [6, 6.07) is 28.8. The second-order valence-corrected chi connectivity index (χ2v) is 12.6. The average Bonchev–Trinajstić information content (AvgIpc) is 3.60. The number of nitrogens with zero attached hydrogens (tertiary/aromatic N) is 3. The van der Waals surface area contributed by atoms with E-state index >= 15 is 0 Å². The molecule has 1 aliphatic carbocycles. The van der Waals surface area contributed by atoms with Gasteiger partial charge in [0.2, 0.25) is 0 Å². The number of fused-ring (bicyclic) bond motifs is 4. The van der Waals surface area contributed by atoms with Crippen LogP contribution in [0.5, 0.6) is 11.5 Å². The van der Waals surface area contributed by atoms with E-state index in [0.717, 1.165) is 51.7 Å². The minimum absolute atomic E-state index is 0.0973. The topological polar surface area (TPSA) is 57.8 Å². The highest BCUT2D eigenvalue weighted by molar-refractivity contribution is 7.07. The maximum absolute atomic E-state index is 14.6. The zero-order chi connectivity index (χ0) is 31.4. The van der Waals surface area contributed by atoms with Crippen LogP contribution in [0, 0.1) is 5.82 Å². The summed E-state index contributed by atoms with van der Waals surface area (Å²) in [4.78, 5) is 20.2. The molecule has 228 valence electrons. The summed E-state index contributed by atoms with van der Waals surface area (Å²) < 4.78 is 30.3. The smallest absolute Gasteiger partial charge is 0.271 e. The van der Waals surface area contributed by atoms with Gasteiger partial charge < -0.3 is 14.0 Å². The van der Waals surface area contributed by atoms with Crippen molar-refractivity contribution in [3.8, 4) is 11.5 Å². The van der Waals surface area contributed by atoms with Crippen molar-refractivity contribution in [3.63, 3.8) is 0 Å². The molecular formula is C38H30FN3O3S. The van der Waals surface area contributed by atoms with Gasteiger partial charge in [-0.25, -0.2) is 9.38 Å². The van der Waals surface area contributed by atoms with Crippen molar-refractivity contribution in [2.75, 3.05) is 14.2 Å². The van der Waals surface area contributed by atoms with E-state index in [4.69, 9.17) is 14.5 Å². The number of thiazole rings is 1. The van der Waals surface area contributed by atoms with Crippen molar-refractivity contribution >= 4 is 34.0 Å². The largest absolute Gasteiger partial charge is 0.493 e. The third-order valence-electron chi connectivity index (χ3n) is 9.00. The van der Waals surface area contributed by atoms with Crippen LogP contribution < -0.4 is 24.4 Å². The van der Waals surface area contributed by atoms with Gasteiger partial charge in [-0.3, -0.25) is 9.36 Å². The number of aryl methyl sites for hydroxylation is 1. The molecule has 0 radical (unpaired) electrons. The number of para-hydroxylation sites is 1. The van der Waals surface area contributed by atoms with E-state index < -0.39 is 0 Å². The summed E-state index contributed by atoms with van der Waals surface area (Å²) in [7, 11) is 3.24. The zero-order valence-corrected chi connectivity index (χ0v) is 26.2. The van der Waals surface area contributed by atoms with Crippen LogP contribution in [-0.4, -0.2) is 23.4 Å². The molecule has 0 unspecified atom stereocenters. The molecule has 0 fully saturated rings. The van der Waals surface area contributed by atoms with Gasteiger partial charge in [-0.05, 0) is 59.9 Å². The summed E-state index contributed by atoms with van der Waals surface area (Å²) in [5, 5.41) is 0.995. The quantitative estimate of drug-likeness (QED) is 0.213. The van der Waals surface area contributed by atoms with E-state index in [1.165, 1.54) is 23.0 Å². The number of halogens is 1. The fraction of sp³-hybridized carbons (Fsp3) is 0.158. The Hall–Kier alpha value is -5.21. The lowest BCUT2D eigenvalue weighted by atomic mass is 9.83. The van der Waals surface area contributed by atoms with Crippen molar-refractivity contribution in [1.29, 1.82) is 0 Å². The van der Waals surface area contributed by atoms with Crippen LogP contribution in [0.1, 0.15) is 40.3 Å². The minimum atomic E-state index is -0.344. The third kappa shape index (κ3) is 4.60. The maximum Gasteiger partial charge on any atom is 0.271 e. The predicted octanol–water partition coefficient (Wildman–Crippen LogP) is 6.48. The van der Waals surface area contributed by atoms with Crippen molar-refractivity contribution < 1.29 is 13.9 Å². The SMILES string of the molecule is COc1ccc([C@@H]2C3=C(N=c4s/c(=C/c5cn(Cc6ccccc6F)c6ccccc56)c(=O)n42)c2ccccc2CC3)cc1OC. The van der Waals surface area contributed by atoms with Crippen LogP contribution >= 0.6 is 11.3 Å². The number of hydrogen-bond donors (Lipinski definition) is 0. The molecule has 4 aromatic carbocycles. The Bertz CT molecular complexity index is 2380. The first-order valence-electron chi connectivity index (χ1n) is 15.2. The molecule has 0 spiro atoms. The second-order valence-electron chi connectivity index (χ2n) is 11.5. The van der Waals surface area contributed by atoms with Crippen LogP contribution in [0.25, 0.3) is 22.7 Å². The highest BCUT2D eigenvalue weighted by atomic mass is 32.1. The summed E-state index contributed by atoms with van der Waals surface area (Å²) in [6.07, 6.45) is 5.62. The van der Waals surface area contributed by atoms with Gasteiger partial charge in [-0.2, -0.15) is 0 Å². The number of hydrogen-bond acceptors (Lipinski definition) is 5. The molecule has 3 heterocycles. The Balaban J connectivity index is 1.33. The van der Waals surface area contributed by atoms with Gasteiger partial charge in [-0.15, -0.1) is 0 Å². The summed E-state index contributed by atoms with van der Waals surface area (Å²) in [6.45, 7) is 0.383. The first-order valence-corrected chi connectivity index (χ1v) is 16.0. The van der Waals surface area contributed by atoms with Gasteiger partial charge in [0, 0.05) is 33.8 Å².